The first-order chi connectivity index (χ1) is 9.21. The molecule has 0 aliphatic heterocycles. The Balaban J connectivity index is 2.64. The van der Waals surface area contributed by atoms with Crippen LogP contribution in [0.1, 0.15) is 25.3 Å². The molecule has 0 aliphatic rings. The molecule has 106 valence electrons. The average Bonchev–Trinajstić information content (AvgIpc) is 2.45. The summed E-state index contributed by atoms with van der Waals surface area (Å²) >= 11 is 0. The van der Waals surface area contributed by atoms with Crippen LogP contribution in [0.5, 0.6) is 11.5 Å². The van der Waals surface area contributed by atoms with Crippen LogP contribution in [0.15, 0.2) is 18.2 Å². The van der Waals surface area contributed by atoms with E-state index in [0.717, 1.165) is 17.7 Å². The quantitative estimate of drug-likeness (QED) is 0.728. The van der Waals surface area contributed by atoms with Crippen LogP contribution in [0, 0.1) is 0 Å². The number of nitrogens with two attached hydrogens (primary N) is 1. The highest BCUT2D eigenvalue weighted by Gasteiger charge is 2.07. The molecule has 0 spiro atoms. The van der Waals surface area contributed by atoms with Gasteiger partial charge < -0.3 is 19.9 Å². The van der Waals surface area contributed by atoms with Crippen LogP contribution in [-0.4, -0.2) is 26.3 Å². The van der Waals surface area contributed by atoms with Gasteiger partial charge in [0.1, 0.15) is 11.5 Å². The van der Waals surface area contributed by atoms with Crippen LogP contribution in [-0.2, 0) is 16.1 Å². The first-order valence-corrected chi connectivity index (χ1v) is 6.36. The van der Waals surface area contributed by atoms with Gasteiger partial charge in [0.05, 0.1) is 26.7 Å². The molecule has 0 heterocycles. The molecule has 1 rings (SSSR count). The normalized spacial score (nSPS) is 10.1. The predicted molar refractivity (Wildman–Crippen MR) is 72.2 cm³/mol. The highest BCUT2D eigenvalue weighted by Crippen LogP contribution is 2.25. The third-order valence-electron chi connectivity index (χ3n) is 2.52. The van der Waals surface area contributed by atoms with Crippen LogP contribution in [0.2, 0.25) is 0 Å². The Morgan fingerprint density at radius 2 is 2.05 bits per heavy atom. The van der Waals surface area contributed by atoms with Crippen molar-refractivity contribution in [3.8, 4) is 11.5 Å². The molecule has 1 aromatic carbocycles. The van der Waals surface area contributed by atoms with Crippen molar-refractivity contribution in [2.45, 2.75) is 26.3 Å². The summed E-state index contributed by atoms with van der Waals surface area (Å²) in [6.45, 7) is 3.34. The monoisotopic (exact) mass is 267 g/mol. The van der Waals surface area contributed by atoms with Gasteiger partial charge in [-0.05, 0) is 12.5 Å². The lowest BCUT2D eigenvalue weighted by atomic mass is 10.2. The lowest BCUT2D eigenvalue weighted by Crippen LogP contribution is -2.09. The van der Waals surface area contributed by atoms with E-state index in [1.807, 2.05) is 19.1 Å². The van der Waals surface area contributed by atoms with E-state index in [4.69, 9.17) is 15.2 Å². The Hall–Kier alpha value is -1.75. The van der Waals surface area contributed by atoms with Gasteiger partial charge in [-0.25, -0.2) is 0 Å². The molecule has 5 heteroatoms. The van der Waals surface area contributed by atoms with E-state index in [0.29, 0.717) is 18.9 Å². The molecule has 0 radical (unpaired) electrons. The number of esters is 1. The second kappa shape index (κ2) is 8.37. The van der Waals surface area contributed by atoms with Crippen molar-refractivity contribution in [1.29, 1.82) is 0 Å². The first-order valence-electron chi connectivity index (χ1n) is 6.36. The number of methoxy groups -OCH3 is 1. The number of carbonyl (C=O) groups is 1. The van der Waals surface area contributed by atoms with Crippen molar-refractivity contribution in [1.82, 2.24) is 0 Å². The Morgan fingerprint density at radius 3 is 2.68 bits per heavy atom. The van der Waals surface area contributed by atoms with Gasteiger partial charge in [-0.1, -0.05) is 13.0 Å². The zero-order valence-electron chi connectivity index (χ0n) is 11.5. The van der Waals surface area contributed by atoms with E-state index < -0.39 is 0 Å². The van der Waals surface area contributed by atoms with Gasteiger partial charge in [-0.15, -0.1) is 0 Å². The van der Waals surface area contributed by atoms with E-state index in [1.54, 1.807) is 6.07 Å². The summed E-state index contributed by atoms with van der Waals surface area (Å²) in [5.74, 6) is 1.10. The summed E-state index contributed by atoms with van der Waals surface area (Å²) < 4.78 is 15.6. The van der Waals surface area contributed by atoms with Crippen LogP contribution >= 0.6 is 0 Å². The first kappa shape index (κ1) is 15.3. The number of hydrogen-bond acceptors (Lipinski definition) is 5. The zero-order chi connectivity index (χ0) is 14.1. The van der Waals surface area contributed by atoms with E-state index in [2.05, 4.69) is 4.74 Å². The molecule has 2 N–H and O–H groups in total. The second-order valence-electron chi connectivity index (χ2n) is 4.00. The van der Waals surface area contributed by atoms with Crippen molar-refractivity contribution >= 4 is 5.97 Å². The highest BCUT2D eigenvalue weighted by atomic mass is 16.5. The van der Waals surface area contributed by atoms with Gasteiger partial charge >= 0.3 is 5.97 Å². The molecule has 0 saturated carbocycles. The number of benzene rings is 1. The summed E-state index contributed by atoms with van der Waals surface area (Å²) in [6.07, 6.45) is 1.15. The van der Waals surface area contributed by atoms with E-state index in [1.165, 1.54) is 7.11 Å². The maximum Gasteiger partial charge on any atom is 0.308 e. The fourth-order valence-electron chi connectivity index (χ4n) is 1.49. The number of carbonyl (C=O) groups excluding carboxylic acids is 1. The molecule has 1 aromatic rings. The van der Waals surface area contributed by atoms with Crippen LogP contribution < -0.4 is 15.2 Å². The van der Waals surface area contributed by atoms with Gasteiger partial charge in [0.15, 0.2) is 0 Å². The fraction of sp³-hybridized carbons (Fsp3) is 0.500. The van der Waals surface area contributed by atoms with Crippen molar-refractivity contribution in [3.05, 3.63) is 23.8 Å². The molecule has 0 bridgehead atoms. The Bertz CT molecular complexity index is 406. The number of ether oxygens (including phenoxy) is 3. The minimum atomic E-state index is -0.298. The van der Waals surface area contributed by atoms with Gasteiger partial charge in [0.25, 0.3) is 0 Å². The van der Waals surface area contributed by atoms with E-state index in [-0.39, 0.29) is 19.0 Å². The second-order valence-corrected chi connectivity index (χ2v) is 4.00. The molecule has 0 aromatic heterocycles. The van der Waals surface area contributed by atoms with E-state index in [9.17, 15) is 4.79 Å². The Kier molecular flexibility index (Phi) is 6.74. The zero-order valence-corrected chi connectivity index (χ0v) is 11.5. The van der Waals surface area contributed by atoms with Crippen molar-refractivity contribution < 1.29 is 19.0 Å². The smallest absolute Gasteiger partial charge is 0.308 e. The summed E-state index contributed by atoms with van der Waals surface area (Å²) in [5.41, 5.74) is 6.53. The van der Waals surface area contributed by atoms with Gasteiger partial charge in [-0.3, -0.25) is 4.79 Å². The molecule has 0 saturated heterocycles. The summed E-state index contributed by atoms with van der Waals surface area (Å²) in [7, 11) is 1.35. The molecule has 0 atom stereocenters. The standard InChI is InChI=1S/C14H21NO4/c1-3-7-18-12-5-4-11(10-15)13(9-12)19-8-6-14(16)17-2/h4-5,9H,3,6-8,10,15H2,1-2H3. The lowest BCUT2D eigenvalue weighted by molar-refractivity contribution is -0.141. The molecular weight excluding hydrogens is 246 g/mol. The molecule has 0 unspecified atom stereocenters. The predicted octanol–water partition coefficient (Wildman–Crippen LogP) is 1.88. The summed E-state index contributed by atoms with van der Waals surface area (Å²) in [5, 5.41) is 0. The minimum Gasteiger partial charge on any atom is -0.493 e. The summed E-state index contributed by atoms with van der Waals surface area (Å²) in [4.78, 5) is 11.0. The SMILES string of the molecule is CCCOc1ccc(CN)c(OCCC(=O)OC)c1. The van der Waals surface area contributed by atoms with Crippen molar-refractivity contribution in [2.24, 2.45) is 5.73 Å². The average molecular weight is 267 g/mol. The van der Waals surface area contributed by atoms with E-state index >= 15 is 0 Å². The van der Waals surface area contributed by atoms with Crippen LogP contribution in [0.3, 0.4) is 0 Å². The van der Waals surface area contributed by atoms with Crippen LogP contribution in [0.25, 0.3) is 0 Å². The van der Waals surface area contributed by atoms with Crippen molar-refractivity contribution in [3.63, 3.8) is 0 Å². The molecule has 0 fully saturated rings. The lowest BCUT2D eigenvalue weighted by Gasteiger charge is -2.12. The minimum absolute atomic E-state index is 0.209. The van der Waals surface area contributed by atoms with Gasteiger partial charge in [0, 0.05) is 18.2 Å². The van der Waals surface area contributed by atoms with Gasteiger partial charge in [-0.2, -0.15) is 0 Å². The maximum absolute atomic E-state index is 11.0. The van der Waals surface area contributed by atoms with Crippen LogP contribution in [0.4, 0.5) is 0 Å². The molecular formula is C14H21NO4. The molecule has 19 heavy (non-hydrogen) atoms. The third kappa shape index (κ3) is 5.18. The number of hydrogen-bond donors (Lipinski definition) is 1. The number of rotatable bonds is 8. The van der Waals surface area contributed by atoms with Crippen molar-refractivity contribution in [2.75, 3.05) is 20.3 Å². The largest absolute Gasteiger partial charge is 0.493 e. The molecule has 0 amide bonds. The fourth-order valence-corrected chi connectivity index (χ4v) is 1.49. The Labute approximate surface area is 113 Å². The molecule has 5 nitrogen and oxygen atoms in total. The molecule has 0 aliphatic carbocycles. The maximum atomic E-state index is 11.0. The Morgan fingerprint density at radius 1 is 1.26 bits per heavy atom. The highest BCUT2D eigenvalue weighted by molar-refractivity contribution is 5.69. The third-order valence-corrected chi connectivity index (χ3v) is 2.52. The topological polar surface area (TPSA) is 70.8 Å². The van der Waals surface area contributed by atoms with Gasteiger partial charge in [0.2, 0.25) is 0 Å². The summed E-state index contributed by atoms with van der Waals surface area (Å²) in [6, 6.07) is 5.54.